The molecule has 1 N–H and O–H groups in total. The van der Waals surface area contributed by atoms with Crippen LogP contribution >= 0.6 is 0 Å². The Morgan fingerprint density at radius 3 is 2.24 bits per heavy atom. The summed E-state index contributed by atoms with van der Waals surface area (Å²) in [5, 5.41) is 3.00. The van der Waals surface area contributed by atoms with Gasteiger partial charge in [0, 0.05) is 20.1 Å². The Kier molecular flexibility index (Phi) is 7.34. The lowest BCUT2D eigenvalue weighted by Crippen LogP contribution is -2.31. The number of sulfonamides is 1. The summed E-state index contributed by atoms with van der Waals surface area (Å²) in [6, 6.07) is 21.6. The number of aryl methyl sites for hydroxylation is 1. The standard InChI is InChI=1S/C27H31N3O3S/c1-21-13-15-24(16-14-21)34(32,33)29(2)26-12-6-5-11-25(26)27(31)28-19-22-9-3-4-10-23(22)20-30-17-7-8-18-30/h3-6,9-16H,7-8,17-20H2,1-2H3,(H,28,31). The van der Waals surface area contributed by atoms with E-state index in [-0.39, 0.29) is 10.8 Å². The predicted molar refractivity (Wildman–Crippen MR) is 135 cm³/mol. The number of carbonyl (C=O) groups is 1. The SMILES string of the molecule is Cc1ccc(S(=O)(=O)N(C)c2ccccc2C(=O)NCc2ccccc2CN2CCCC2)cc1. The van der Waals surface area contributed by atoms with E-state index in [0.717, 1.165) is 30.8 Å². The summed E-state index contributed by atoms with van der Waals surface area (Å²) in [6.45, 7) is 5.38. The van der Waals surface area contributed by atoms with E-state index in [0.29, 0.717) is 17.8 Å². The number of amides is 1. The Labute approximate surface area is 202 Å². The van der Waals surface area contributed by atoms with Crippen molar-refractivity contribution in [3.8, 4) is 0 Å². The molecule has 4 rings (SSSR count). The van der Waals surface area contributed by atoms with Gasteiger partial charge >= 0.3 is 0 Å². The van der Waals surface area contributed by atoms with E-state index in [1.807, 2.05) is 25.1 Å². The quantitative estimate of drug-likeness (QED) is 0.524. The van der Waals surface area contributed by atoms with Gasteiger partial charge in [0.05, 0.1) is 16.1 Å². The Bertz CT molecular complexity index is 1250. The summed E-state index contributed by atoms with van der Waals surface area (Å²) in [6.07, 6.45) is 2.46. The topological polar surface area (TPSA) is 69.7 Å². The van der Waals surface area contributed by atoms with E-state index in [1.165, 1.54) is 29.8 Å². The summed E-state index contributed by atoms with van der Waals surface area (Å²) < 4.78 is 27.6. The van der Waals surface area contributed by atoms with Crippen molar-refractivity contribution in [3.63, 3.8) is 0 Å². The first-order chi connectivity index (χ1) is 16.4. The molecule has 3 aromatic rings. The number of nitrogens with zero attached hydrogens (tertiary/aromatic N) is 2. The Balaban J connectivity index is 1.52. The second kappa shape index (κ2) is 10.4. The summed E-state index contributed by atoms with van der Waals surface area (Å²) in [4.78, 5) is 15.8. The first-order valence-electron chi connectivity index (χ1n) is 11.6. The molecule has 0 radical (unpaired) electrons. The van der Waals surface area contributed by atoms with Gasteiger partial charge in [0.2, 0.25) is 0 Å². The smallest absolute Gasteiger partial charge is 0.264 e. The molecule has 6 nitrogen and oxygen atoms in total. The maximum Gasteiger partial charge on any atom is 0.264 e. The number of nitrogens with one attached hydrogen (secondary N) is 1. The lowest BCUT2D eigenvalue weighted by molar-refractivity contribution is 0.0951. The minimum absolute atomic E-state index is 0.187. The Morgan fingerprint density at radius 2 is 1.53 bits per heavy atom. The van der Waals surface area contributed by atoms with E-state index < -0.39 is 10.0 Å². The second-order valence-corrected chi connectivity index (χ2v) is 10.7. The molecule has 0 saturated carbocycles. The third-order valence-corrected chi connectivity index (χ3v) is 8.10. The number of benzene rings is 3. The highest BCUT2D eigenvalue weighted by molar-refractivity contribution is 7.92. The Hall–Kier alpha value is -3.16. The van der Waals surface area contributed by atoms with Gasteiger partial charge < -0.3 is 5.32 Å². The second-order valence-electron chi connectivity index (χ2n) is 8.74. The summed E-state index contributed by atoms with van der Waals surface area (Å²) >= 11 is 0. The van der Waals surface area contributed by atoms with Gasteiger partial charge in [-0.25, -0.2) is 8.42 Å². The fourth-order valence-electron chi connectivity index (χ4n) is 4.27. The monoisotopic (exact) mass is 477 g/mol. The van der Waals surface area contributed by atoms with Crippen LogP contribution < -0.4 is 9.62 Å². The number of anilines is 1. The van der Waals surface area contributed by atoms with Crippen molar-refractivity contribution >= 4 is 21.6 Å². The van der Waals surface area contributed by atoms with Crippen LogP contribution in [0.15, 0.2) is 77.7 Å². The predicted octanol–water partition coefficient (Wildman–Crippen LogP) is 4.35. The van der Waals surface area contributed by atoms with Crippen molar-refractivity contribution in [3.05, 3.63) is 95.1 Å². The van der Waals surface area contributed by atoms with Gasteiger partial charge in [0.25, 0.3) is 15.9 Å². The first-order valence-corrected chi connectivity index (χ1v) is 13.0. The molecule has 34 heavy (non-hydrogen) atoms. The maximum absolute atomic E-state index is 13.2. The van der Waals surface area contributed by atoms with Crippen LogP contribution in [0.2, 0.25) is 0 Å². The van der Waals surface area contributed by atoms with E-state index in [9.17, 15) is 13.2 Å². The molecule has 1 fully saturated rings. The van der Waals surface area contributed by atoms with Crippen LogP contribution in [0.4, 0.5) is 5.69 Å². The van der Waals surface area contributed by atoms with Gasteiger partial charge in [-0.2, -0.15) is 0 Å². The van der Waals surface area contributed by atoms with Crippen molar-refractivity contribution in [1.29, 1.82) is 0 Å². The van der Waals surface area contributed by atoms with Crippen molar-refractivity contribution in [1.82, 2.24) is 10.2 Å². The van der Waals surface area contributed by atoms with Gasteiger partial charge in [-0.15, -0.1) is 0 Å². The molecular weight excluding hydrogens is 446 g/mol. The van der Waals surface area contributed by atoms with Crippen molar-refractivity contribution in [2.24, 2.45) is 0 Å². The number of rotatable bonds is 8. The molecule has 3 aromatic carbocycles. The summed E-state index contributed by atoms with van der Waals surface area (Å²) in [7, 11) is -2.33. The van der Waals surface area contributed by atoms with E-state index >= 15 is 0 Å². The highest BCUT2D eigenvalue weighted by Crippen LogP contribution is 2.26. The van der Waals surface area contributed by atoms with Crippen LogP contribution in [0, 0.1) is 6.92 Å². The number of para-hydroxylation sites is 1. The fourth-order valence-corrected chi connectivity index (χ4v) is 5.49. The molecule has 1 aliphatic heterocycles. The molecule has 7 heteroatoms. The maximum atomic E-state index is 13.2. The normalized spacial score (nSPS) is 14.2. The molecular formula is C27H31N3O3S. The van der Waals surface area contributed by atoms with E-state index in [2.05, 4.69) is 16.3 Å². The molecule has 0 spiro atoms. The van der Waals surface area contributed by atoms with Gasteiger partial charge in [-0.05, 0) is 68.2 Å². The summed E-state index contributed by atoms with van der Waals surface area (Å²) in [5.41, 5.74) is 3.91. The number of hydrogen-bond donors (Lipinski definition) is 1. The van der Waals surface area contributed by atoms with Crippen LogP contribution in [0.1, 0.15) is 39.9 Å². The van der Waals surface area contributed by atoms with Crippen LogP contribution in [0.5, 0.6) is 0 Å². The third-order valence-electron chi connectivity index (χ3n) is 6.32. The molecule has 1 saturated heterocycles. The lowest BCUT2D eigenvalue weighted by atomic mass is 10.1. The van der Waals surface area contributed by atoms with Gasteiger partial charge in [-0.3, -0.25) is 14.0 Å². The number of likely N-dealkylation sites (tertiary alicyclic amines) is 1. The van der Waals surface area contributed by atoms with Gasteiger partial charge in [0.1, 0.15) is 0 Å². The molecule has 0 unspecified atom stereocenters. The van der Waals surface area contributed by atoms with Gasteiger partial charge in [-0.1, -0.05) is 54.1 Å². The van der Waals surface area contributed by atoms with Crippen molar-refractivity contribution in [2.45, 2.75) is 37.8 Å². The molecule has 1 heterocycles. The minimum Gasteiger partial charge on any atom is -0.348 e. The molecule has 0 bridgehead atoms. The third kappa shape index (κ3) is 5.32. The van der Waals surface area contributed by atoms with Crippen LogP contribution in [-0.4, -0.2) is 39.4 Å². The van der Waals surface area contributed by atoms with Crippen LogP contribution in [-0.2, 0) is 23.1 Å². The van der Waals surface area contributed by atoms with Crippen LogP contribution in [0.25, 0.3) is 0 Å². The molecule has 0 atom stereocenters. The average molecular weight is 478 g/mol. The van der Waals surface area contributed by atoms with E-state index in [1.54, 1.807) is 48.5 Å². The zero-order chi connectivity index (χ0) is 24.1. The number of hydrogen-bond acceptors (Lipinski definition) is 4. The molecule has 0 aliphatic carbocycles. The highest BCUT2D eigenvalue weighted by Gasteiger charge is 2.25. The largest absolute Gasteiger partial charge is 0.348 e. The zero-order valence-electron chi connectivity index (χ0n) is 19.7. The first kappa shape index (κ1) is 24.0. The van der Waals surface area contributed by atoms with E-state index in [4.69, 9.17) is 0 Å². The summed E-state index contributed by atoms with van der Waals surface area (Å²) in [5.74, 6) is -0.308. The average Bonchev–Trinajstić information content (AvgIpc) is 3.36. The Morgan fingerprint density at radius 1 is 0.912 bits per heavy atom. The molecule has 0 aromatic heterocycles. The minimum atomic E-state index is -3.80. The molecule has 1 amide bonds. The molecule has 1 aliphatic rings. The van der Waals surface area contributed by atoms with Crippen molar-refractivity contribution < 1.29 is 13.2 Å². The number of carbonyl (C=O) groups excluding carboxylic acids is 1. The van der Waals surface area contributed by atoms with Crippen LogP contribution in [0.3, 0.4) is 0 Å². The highest BCUT2D eigenvalue weighted by atomic mass is 32.2. The van der Waals surface area contributed by atoms with Gasteiger partial charge in [0.15, 0.2) is 0 Å². The fraction of sp³-hybridized carbons (Fsp3) is 0.296. The molecule has 178 valence electrons. The lowest BCUT2D eigenvalue weighted by Gasteiger charge is -2.22. The van der Waals surface area contributed by atoms with Crippen molar-refractivity contribution in [2.75, 3.05) is 24.4 Å². The zero-order valence-corrected chi connectivity index (χ0v) is 20.5.